The predicted octanol–water partition coefficient (Wildman–Crippen LogP) is 4.26. The average Bonchev–Trinajstić information content (AvgIpc) is 3.30. The highest BCUT2D eigenvalue weighted by atomic mass is 16.3. The minimum atomic E-state index is -0.151. The van der Waals surface area contributed by atoms with Crippen molar-refractivity contribution in [1.82, 2.24) is 9.88 Å². The Kier molecular flexibility index (Phi) is 4.67. The summed E-state index contributed by atoms with van der Waals surface area (Å²) in [7, 11) is 1.77. The summed E-state index contributed by atoms with van der Waals surface area (Å²) in [5, 5.41) is 3.70. The molecule has 0 spiro atoms. The van der Waals surface area contributed by atoms with Gasteiger partial charge in [-0.15, -0.1) is 0 Å². The maximum Gasteiger partial charge on any atom is 0.275 e. The second-order valence-corrected chi connectivity index (χ2v) is 8.01. The summed E-state index contributed by atoms with van der Waals surface area (Å²) in [4.78, 5) is 17.8. The Morgan fingerprint density at radius 3 is 2.64 bits per heavy atom. The van der Waals surface area contributed by atoms with Gasteiger partial charge in [-0.1, -0.05) is 50.2 Å². The zero-order valence-electron chi connectivity index (χ0n) is 16.5. The molecule has 144 valence electrons. The molecule has 0 radical (unpaired) electrons. The first-order chi connectivity index (χ1) is 13.4. The molecule has 0 aliphatic heterocycles. The minimum absolute atomic E-state index is 0.0828. The van der Waals surface area contributed by atoms with Gasteiger partial charge >= 0.3 is 0 Å². The lowest BCUT2D eigenvalue weighted by molar-refractivity contribution is 0.0779. The summed E-state index contributed by atoms with van der Waals surface area (Å²) in [5.41, 5.74) is 5.42. The van der Waals surface area contributed by atoms with Crippen LogP contribution in [0, 0.1) is 0 Å². The molecule has 1 aliphatic carbocycles. The van der Waals surface area contributed by atoms with Crippen LogP contribution in [-0.4, -0.2) is 28.9 Å². The van der Waals surface area contributed by atoms with Crippen molar-refractivity contribution >= 4 is 11.6 Å². The van der Waals surface area contributed by atoms with Gasteiger partial charge in [0, 0.05) is 30.7 Å². The van der Waals surface area contributed by atoms with Gasteiger partial charge in [0.05, 0.1) is 0 Å². The quantitative estimate of drug-likeness (QED) is 0.724. The minimum Gasteiger partial charge on any atom is -0.451 e. The van der Waals surface area contributed by atoms with E-state index in [2.05, 4.69) is 72.7 Å². The number of nitrogens with one attached hydrogen (secondary N) is 1. The Hall–Kier alpha value is -3.08. The van der Waals surface area contributed by atoms with Crippen molar-refractivity contribution in [3.63, 3.8) is 0 Å². The van der Waals surface area contributed by atoms with Crippen molar-refractivity contribution < 1.29 is 9.21 Å². The molecule has 1 N–H and O–H groups in total. The maximum atomic E-state index is 12.3. The smallest absolute Gasteiger partial charge is 0.275 e. The summed E-state index contributed by atoms with van der Waals surface area (Å²) in [6.45, 7) is 5.12. The summed E-state index contributed by atoms with van der Waals surface area (Å²) >= 11 is 0. The van der Waals surface area contributed by atoms with Gasteiger partial charge in [-0.3, -0.25) is 4.79 Å². The molecule has 0 saturated carbocycles. The van der Waals surface area contributed by atoms with E-state index in [-0.39, 0.29) is 11.3 Å². The molecule has 5 heteroatoms. The number of carbonyl (C=O) groups is 1. The van der Waals surface area contributed by atoms with Crippen LogP contribution in [0.3, 0.4) is 0 Å². The Morgan fingerprint density at radius 2 is 1.96 bits per heavy atom. The van der Waals surface area contributed by atoms with Crippen molar-refractivity contribution in [2.45, 2.75) is 38.3 Å². The number of carbonyl (C=O) groups excluding carboxylic acids is 1. The van der Waals surface area contributed by atoms with E-state index in [0.29, 0.717) is 18.3 Å². The molecule has 0 bridgehead atoms. The first-order valence-corrected chi connectivity index (χ1v) is 9.52. The number of oxazole rings is 1. The fraction of sp³-hybridized carbons (Fsp3) is 0.304. The number of hydrogen-bond donors (Lipinski definition) is 1. The zero-order chi connectivity index (χ0) is 19.7. The molecule has 0 fully saturated rings. The molecular weight excluding hydrogens is 350 g/mol. The van der Waals surface area contributed by atoms with Crippen molar-refractivity contribution in [2.24, 2.45) is 0 Å². The van der Waals surface area contributed by atoms with Crippen LogP contribution < -0.4 is 5.32 Å². The van der Waals surface area contributed by atoms with Gasteiger partial charge < -0.3 is 14.6 Å². The second kappa shape index (κ2) is 7.15. The van der Waals surface area contributed by atoms with Gasteiger partial charge in [-0.05, 0) is 35.2 Å². The number of fused-ring (bicyclic) bond motifs is 1. The topological polar surface area (TPSA) is 58.4 Å². The van der Waals surface area contributed by atoms with E-state index in [1.807, 2.05) is 0 Å². The Bertz CT molecular complexity index is 962. The lowest BCUT2D eigenvalue weighted by Gasteiger charge is -2.30. The highest BCUT2D eigenvalue weighted by Crippen LogP contribution is 2.39. The SMILES string of the molecule is CN(Cc1ccc(NC2Cc3ccccc3C2(C)C)cc1)C(=O)c1cocn1. The molecule has 1 unspecified atom stereocenters. The normalized spacial score (nSPS) is 17.2. The molecule has 3 aromatic rings. The van der Waals surface area contributed by atoms with Crippen LogP contribution in [0.25, 0.3) is 0 Å². The van der Waals surface area contributed by atoms with Crippen LogP contribution in [0.1, 0.15) is 41.0 Å². The molecule has 1 aromatic heterocycles. The van der Waals surface area contributed by atoms with E-state index >= 15 is 0 Å². The van der Waals surface area contributed by atoms with E-state index in [1.54, 1.807) is 11.9 Å². The van der Waals surface area contributed by atoms with E-state index in [1.165, 1.54) is 23.8 Å². The van der Waals surface area contributed by atoms with Crippen molar-refractivity contribution in [1.29, 1.82) is 0 Å². The Balaban J connectivity index is 1.41. The summed E-state index contributed by atoms with van der Waals surface area (Å²) < 4.78 is 4.89. The van der Waals surface area contributed by atoms with Gasteiger partial charge in [0.2, 0.25) is 0 Å². The number of aromatic nitrogens is 1. The first kappa shape index (κ1) is 18.3. The highest BCUT2D eigenvalue weighted by Gasteiger charge is 2.38. The van der Waals surface area contributed by atoms with E-state index in [0.717, 1.165) is 17.7 Å². The molecule has 1 amide bonds. The van der Waals surface area contributed by atoms with Crippen LogP contribution in [0.4, 0.5) is 5.69 Å². The number of benzene rings is 2. The summed E-state index contributed by atoms with van der Waals surface area (Å²) in [5.74, 6) is -0.151. The van der Waals surface area contributed by atoms with Crippen molar-refractivity contribution in [3.8, 4) is 0 Å². The van der Waals surface area contributed by atoms with E-state index < -0.39 is 0 Å². The molecule has 1 aliphatic rings. The van der Waals surface area contributed by atoms with Crippen LogP contribution in [0.15, 0.2) is 65.6 Å². The molecule has 1 heterocycles. The molecule has 4 rings (SSSR count). The number of nitrogens with zero attached hydrogens (tertiary/aromatic N) is 2. The largest absolute Gasteiger partial charge is 0.451 e. The fourth-order valence-electron chi connectivity index (χ4n) is 3.99. The summed E-state index contributed by atoms with van der Waals surface area (Å²) in [6.07, 6.45) is 3.66. The van der Waals surface area contributed by atoms with Gasteiger partial charge in [0.15, 0.2) is 12.1 Å². The van der Waals surface area contributed by atoms with Crippen LogP contribution in [0.5, 0.6) is 0 Å². The fourth-order valence-corrected chi connectivity index (χ4v) is 3.99. The number of anilines is 1. The predicted molar refractivity (Wildman–Crippen MR) is 109 cm³/mol. The van der Waals surface area contributed by atoms with Gasteiger partial charge in [-0.2, -0.15) is 0 Å². The first-order valence-electron chi connectivity index (χ1n) is 9.52. The Labute approximate surface area is 165 Å². The van der Waals surface area contributed by atoms with E-state index in [4.69, 9.17) is 4.42 Å². The third-order valence-electron chi connectivity index (χ3n) is 5.72. The van der Waals surface area contributed by atoms with E-state index in [9.17, 15) is 4.79 Å². The number of hydrogen-bond acceptors (Lipinski definition) is 4. The van der Waals surface area contributed by atoms with Crippen molar-refractivity contribution in [2.75, 3.05) is 12.4 Å². The third-order valence-corrected chi connectivity index (χ3v) is 5.72. The number of amides is 1. The van der Waals surface area contributed by atoms with Gasteiger partial charge in [-0.25, -0.2) is 4.98 Å². The average molecular weight is 375 g/mol. The van der Waals surface area contributed by atoms with Gasteiger partial charge in [0.25, 0.3) is 5.91 Å². The second-order valence-electron chi connectivity index (χ2n) is 8.01. The molecular formula is C23H25N3O2. The molecule has 0 saturated heterocycles. The molecule has 1 atom stereocenters. The monoisotopic (exact) mass is 375 g/mol. The maximum absolute atomic E-state index is 12.3. The number of rotatable bonds is 5. The van der Waals surface area contributed by atoms with Crippen LogP contribution in [0.2, 0.25) is 0 Å². The van der Waals surface area contributed by atoms with Crippen LogP contribution in [-0.2, 0) is 18.4 Å². The summed E-state index contributed by atoms with van der Waals surface area (Å²) in [6, 6.07) is 17.3. The zero-order valence-corrected chi connectivity index (χ0v) is 16.5. The van der Waals surface area contributed by atoms with Crippen LogP contribution >= 0.6 is 0 Å². The molecule has 5 nitrogen and oxygen atoms in total. The lowest BCUT2D eigenvalue weighted by Crippen LogP contribution is -2.36. The Morgan fingerprint density at radius 1 is 1.21 bits per heavy atom. The standard InChI is InChI=1S/C23H25N3O2/c1-23(2)19-7-5-4-6-17(19)12-21(23)25-18-10-8-16(9-11-18)13-26(3)22(27)20-14-28-15-24-20/h4-11,14-15,21,25H,12-13H2,1-3H3. The van der Waals surface area contributed by atoms with Crippen molar-refractivity contribution in [3.05, 3.63) is 83.6 Å². The highest BCUT2D eigenvalue weighted by molar-refractivity contribution is 5.91. The van der Waals surface area contributed by atoms with Gasteiger partial charge in [0.1, 0.15) is 6.26 Å². The lowest BCUT2D eigenvalue weighted by atomic mass is 9.83. The molecule has 28 heavy (non-hydrogen) atoms. The third kappa shape index (κ3) is 3.40. The molecule has 2 aromatic carbocycles.